The van der Waals surface area contributed by atoms with Crippen molar-refractivity contribution < 1.29 is 32.8 Å². The molecule has 0 rings (SSSR count). The molecule has 8 nitrogen and oxygen atoms in total. The Labute approximate surface area is 409 Å². The average molecular weight is 950 g/mol. The second-order valence-electron chi connectivity index (χ2n) is 18.8. The Morgan fingerprint density at radius 2 is 0.848 bits per heavy atom. The van der Waals surface area contributed by atoms with E-state index in [4.69, 9.17) is 24.3 Å². The van der Waals surface area contributed by atoms with Gasteiger partial charge in [0.1, 0.15) is 6.10 Å². The first kappa shape index (κ1) is 64.5. The number of allylic oxidation sites excluding steroid dienone is 8. The summed E-state index contributed by atoms with van der Waals surface area (Å²) >= 11 is 0. The molecule has 0 aromatic rings. The molecule has 0 aliphatic heterocycles. The molecule has 0 bridgehead atoms. The van der Waals surface area contributed by atoms with Gasteiger partial charge in [0.15, 0.2) is 0 Å². The van der Waals surface area contributed by atoms with E-state index in [0.29, 0.717) is 13.0 Å². The van der Waals surface area contributed by atoms with Gasteiger partial charge in [-0.05, 0) is 51.4 Å². The highest BCUT2D eigenvalue weighted by Gasteiger charge is 2.25. The zero-order chi connectivity index (χ0) is 48.0. The molecule has 3 N–H and O–H groups in total. The largest absolute Gasteiger partial charge is 0.472 e. The minimum atomic E-state index is -4.28. The first-order valence-electron chi connectivity index (χ1n) is 28.1. The molecule has 0 heterocycles. The first-order chi connectivity index (χ1) is 32.4. The molecule has 0 aromatic heterocycles. The van der Waals surface area contributed by atoms with Gasteiger partial charge in [-0.25, -0.2) is 4.57 Å². The highest BCUT2D eigenvalue weighted by atomic mass is 31.2. The SMILES string of the molecule is CC/C=C\C/C=C\C/C=C\C/C=C\CCCCCCCCCCCCCCCOCC(COP(=O)(O)OCCN)OC(=O)CCCCCCCCCCCCCCCCCCCCCCC. The summed E-state index contributed by atoms with van der Waals surface area (Å²) < 4.78 is 33.7. The molecule has 0 saturated heterocycles. The molecule has 0 aliphatic carbocycles. The molecular weight excluding hydrogens is 842 g/mol. The van der Waals surface area contributed by atoms with Crippen molar-refractivity contribution in [3.05, 3.63) is 48.6 Å². The lowest BCUT2D eigenvalue weighted by atomic mass is 10.0. The van der Waals surface area contributed by atoms with Crippen molar-refractivity contribution in [1.29, 1.82) is 0 Å². The van der Waals surface area contributed by atoms with Crippen molar-refractivity contribution in [3.8, 4) is 0 Å². The number of hydrogen-bond donors (Lipinski definition) is 2. The third kappa shape index (κ3) is 53.4. The number of phosphoric ester groups is 1. The van der Waals surface area contributed by atoms with Crippen LogP contribution in [0.1, 0.15) is 271 Å². The van der Waals surface area contributed by atoms with Gasteiger partial charge in [-0.15, -0.1) is 0 Å². The molecule has 0 radical (unpaired) electrons. The van der Waals surface area contributed by atoms with Crippen molar-refractivity contribution in [2.24, 2.45) is 5.73 Å². The number of esters is 1. The van der Waals surface area contributed by atoms with Crippen LogP contribution in [0.2, 0.25) is 0 Å². The summed E-state index contributed by atoms with van der Waals surface area (Å²) in [5.41, 5.74) is 5.40. The zero-order valence-corrected chi connectivity index (χ0v) is 44.3. The van der Waals surface area contributed by atoms with Crippen LogP contribution in [0.25, 0.3) is 0 Å². The molecular formula is C57H108NO7P. The molecule has 0 amide bonds. The number of unbranched alkanes of at least 4 members (excludes halogenated alkanes) is 33. The van der Waals surface area contributed by atoms with E-state index in [1.807, 2.05) is 0 Å². The first-order valence-corrected chi connectivity index (χ1v) is 29.6. The van der Waals surface area contributed by atoms with Crippen LogP contribution >= 0.6 is 7.82 Å². The van der Waals surface area contributed by atoms with Gasteiger partial charge in [0.25, 0.3) is 0 Å². The van der Waals surface area contributed by atoms with Gasteiger partial charge >= 0.3 is 13.8 Å². The highest BCUT2D eigenvalue weighted by molar-refractivity contribution is 7.47. The molecule has 0 aromatic carbocycles. The number of carbonyl (C=O) groups excluding carboxylic acids is 1. The lowest BCUT2D eigenvalue weighted by Gasteiger charge is -2.20. The van der Waals surface area contributed by atoms with Gasteiger partial charge in [0.05, 0.1) is 19.8 Å². The fourth-order valence-electron chi connectivity index (χ4n) is 8.17. The average Bonchev–Trinajstić information content (AvgIpc) is 3.31. The highest BCUT2D eigenvalue weighted by Crippen LogP contribution is 2.43. The maximum Gasteiger partial charge on any atom is 0.472 e. The molecule has 0 fully saturated rings. The van der Waals surface area contributed by atoms with Crippen molar-refractivity contribution in [2.75, 3.05) is 33.0 Å². The maximum atomic E-state index is 12.7. The molecule has 0 spiro atoms. The van der Waals surface area contributed by atoms with Crippen molar-refractivity contribution in [1.82, 2.24) is 0 Å². The normalized spacial score (nSPS) is 13.6. The van der Waals surface area contributed by atoms with E-state index < -0.39 is 13.9 Å². The summed E-state index contributed by atoms with van der Waals surface area (Å²) in [7, 11) is -4.28. The molecule has 388 valence electrons. The Balaban J connectivity index is 3.86. The summed E-state index contributed by atoms with van der Waals surface area (Å²) in [6.07, 6.45) is 67.3. The molecule has 9 heteroatoms. The number of hydrogen-bond acceptors (Lipinski definition) is 7. The Kier molecular flexibility index (Phi) is 53.1. The van der Waals surface area contributed by atoms with E-state index in [9.17, 15) is 14.3 Å². The molecule has 2 unspecified atom stereocenters. The molecule has 0 aliphatic rings. The van der Waals surface area contributed by atoms with Gasteiger partial charge in [-0.1, -0.05) is 262 Å². The summed E-state index contributed by atoms with van der Waals surface area (Å²) in [5.74, 6) is -0.325. The van der Waals surface area contributed by atoms with E-state index in [1.165, 1.54) is 193 Å². The van der Waals surface area contributed by atoms with Crippen LogP contribution in [0.4, 0.5) is 0 Å². The second-order valence-corrected chi connectivity index (χ2v) is 20.2. The number of ether oxygens (including phenoxy) is 2. The van der Waals surface area contributed by atoms with Gasteiger partial charge in [0.2, 0.25) is 0 Å². The Hall–Kier alpha value is -1.54. The van der Waals surface area contributed by atoms with Crippen LogP contribution in [0.15, 0.2) is 48.6 Å². The van der Waals surface area contributed by atoms with Crippen LogP contribution in [0, 0.1) is 0 Å². The summed E-state index contributed by atoms with van der Waals surface area (Å²) in [5, 5.41) is 0. The Morgan fingerprint density at radius 3 is 1.27 bits per heavy atom. The van der Waals surface area contributed by atoms with E-state index >= 15 is 0 Å². The van der Waals surface area contributed by atoms with Gasteiger partial charge < -0.3 is 20.1 Å². The number of rotatable bonds is 54. The summed E-state index contributed by atoms with van der Waals surface area (Å²) in [6, 6.07) is 0. The van der Waals surface area contributed by atoms with Crippen molar-refractivity contribution in [2.45, 2.75) is 277 Å². The monoisotopic (exact) mass is 950 g/mol. The van der Waals surface area contributed by atoms with Crippen molar-refractivity contribution >= 4 is 13.8 Å². The predicted molar refractivity (Wildman–Crippen MR) is 284 cm³/mol. The molecule has 0 saturated carbocycles. The van der Waals surface area contributed by atoms with E-state index in [2.05, 4.69) is 62.5 Å². The smallest absolute Gasteiger partial charge is 0.457 e. The van der Waals surface area contributed by atoms with Crippen LogP contribution in [-0.4, -0.2) is 49.9 Å². The summed E-state index contributed by atoms with van der Waals surface area (Å²) in [6.45, 7) is 4.86. The number of nitrogens with two attached hydrogens (primary N) is 1. The zero-order valence-electron chi connectivity index (χ0n) is 43.4. The fourth-order valence-corrected chi connectivity index (χ4v) is 8.93. The number of carbonyl (C=O) groups is 1. The lowest BCUT2D eigenvalue weighted by molar-refractivity contribution is -0.154. The number of phosphoric acid groups is 1. The third-order valence-electron chi connectivity index (χ3n) is 12.3. The summed E-state index contributed by atoms with van der Waals surface area (Å²) in [4.78, 5) is 22.7. The van der Waals surface area contributed by atoms with E-state index in [-0.39, 0.29) is 32.3 Å². The van der Waals surface area contributed by atoms with Crippen LogP contribution in [0.5, 0.6) is 0 Å². The third-order valence-corrected chi connectivity index (χ3v) is 13.2. The fraction of sp³-hybridized carbons (Fsp3) is 0.842. The van der Waals surface area contributed by atoms with E-state index in [0.717, 1.165) is 57.8 Å². The van der Waals surface area contributed by atoms with E-state index in [1.54, 1.807) is 0 Å². The van der Waals surface area contributed by atoms with Crippen LogP contribution < -0.4 is 5.73 Å². The van der Waals surface area contributed by atoms with Crippen molar-refractivity contribution in [3.63, 3.8) is 0 Å². The van der Waals surface area contributed by atoms with Gasteiger partial charge in [-0.2, -0.15) is 0 Å². The van der Waals surface area contributed by atoms with Crippen LogP contribution in [0.3, 0.4) is 0 Å². The minimum Gasteiger partial charge on any atom is -0.457 e. The molecule has 66 heavy (non-hydrogen) atoms. The Bertz CT molecular complexity index is 1160. The predicted octanol–water partition coefficient (Wildman–Crippen LogP) is 17.9. The van der Waals surface area contributed by atoms with Gasteiger partial charge in [-0.3, -0.25) is 13.8 Å². The van der Waals surface area contributed by atoms with Gasteiger partial charge in [0, 0.05) is 19.6 Å². The standard InChI is InChI=1S/C57H108NO7P/c1-3-5-7-9-11-13-15-17-19-21-23-25-26-27-28-29-31-33-35-37-39-41-43-45-47-49-52-62-54-56(55-64-66(60,61)63-53-51-58)65-57(59)50-48-46-44-42-40-38-36-34-32-30-24-22-20-18-16-14-12-10-8-6-4-2/h5,7,11,13,17,19,23,25,56H,3-4,6,8-10,12,14-16,18,20-22,24,26-55,58H2,1-2H3,(H,60,61)/b7-5-,13-11-,19-17-,25-23-. The maximum absolute atomic E-state index is 12.7. The topological polar surface area (TPSA) is 117 Å². The van der Waals surface area contributed by atoms with Crippen LogP contribution in [-0.2, 0) is 27.9 Å². The molecule has 2 atom stereocenters. The minimum absolute atomic E-state index is 0.0944. The second kappa shape index (κ2) is 54.4. The quantitative estimate of drug-likeness (QED) is 0.0268. The lowest BCUT2D eigenvalue weighted by Crippen LogP contribution is -2.28. The Morgan fingerprint density at radius 1 is 0.470 bits per heavy atom.